The predicted octanol–water partition coefficient (Wildman–Crippen LogP) is 0.540. The quantitative estimate of drug-likeness (QED) is 0.512. The van der Waals surface area contributed by atoms with Crippen molar-refractivity contribution in [2.45, 2.75) is 61.5 Å². The van der Waals surface area contributed by atoms with Gasteiger partial charge in [0.1, 0.15) is 35.5 Å². The molecule has 1 aliphatic rings. The first-order chi connectivity index (χ1) is 12.3. The number of pyridine rings is 1. The summed E-state index contributed by atoms with van der Waals surface area (Å²) in [5.74, 6) is -0.456. The van der Waals surface area contributed by atoms with Gasteiger partial charge < -0.3 is 25.4 Å². The Morgan fingerprint density at radius 3 is 2.54 bits per heavy atom. The van der Waals surface area contributed by atoms with Gasteiger partial charge in [-0.15, -0.1) is 23.4 Å². The van der Waals surface area contributed by atoms with Gasteiger partial charge >= 0.3 is 0 Å². The van der Waals surface area contributed by atoms with Crippen LogP contribution in [0.5, 0.6) is 0 Å². The number of carbonyl (C=O) groups is 1. The van der Waals surface area contributed by atoms with Crippen LogP contribution in [0, 0.1) is 0 Å². The topological polar surface area (TPSA) is 112 Å². The summed E-state index contributed by atoms with van der Waals surface area (Å²) in [4.78, 5) is 16.7. The molecule has 0 saturated carbocycles. The maximum absolute atomic E-state index is 12.5. The molecule has 7 atom stereocenters. The van der Waals surface area contributed by atoms with Crippen molar-refractivity contribution >= 4 is 29.3 Å². The van der Waals surface area contributed by atoms with E-state index in [1.807, 2.05) is 13.0 Å². The van der Waals surface area contributed by atoms with Gasteiger partial charge in [-0.2, -0.15) is 0 Å². The number of nitrogens with one attached hydrogen (secondary N) is 1. The van der Waals surface area contributed by atoms with Crippen LogP contribution >= 0.6 is 23.4 Å². The van der Waals surface area contributed by atoms with Gasteiger partial charge in [-0.25, -0.2) is 0 Å². The van der Waals surface area contributed by atoms with E-state index in [1.165, 1.54) is 11.8 Å². The number of halogens is 1. The molecular weight excluding hydrogens is 380 g/mol. The van der Waals surface area contributed by atoms with Gasteiger partial charge in [0.25, 0.3) is 5.91 Å². The van der Waals surface area contributed by atoms with Crippen LogP contribution in [0.15, 0.2) is 18.3 Å². The number of ether oxygens (including phenoxy) is 1. The molecule has 2 rings (SSSR count). The highest BCUT2D eigenvalue weighted by Crippen LogP contribution is 2.30. The van der Waals surface area contributed by atoms with Gasteiger partial charge in [-0.1, -0.05) is 13.0 Å². The molecule has 2 heterocycles. The summed E-state index contributed by atoms with van der Waals surface area (Å²) in [6.45, 7) is 3.65. The molecule has 1 aliphatic heterocycles. The smallest absolute Gasteiger partial charge is 0.270 e. The lowest BCUT2D eigenvalue weighted by Gasteiger charge is -2.43. The molecule has 9 heteroatoms. The van der Waals surface area contributed by atoms with Gasteiger partial charge in [0.2, 0.25) is 0 Å². The number of amides is 1. The molecule has 1 fully saturated rings. The van der Waals surface area contributed by atoms with Crippen LogP contribution in [0.2, 0.25) is 0 Å². The standard InChI is InChI=1S/C17H25ClN2O5S/c1-4-9-5-6-10(19-7-9)16(24)20-11(8(2)18)15-13(22)12(21)14(23)17(25-15)26-3/h5-8,11-15,17,21-23H,4H2,1-3H3,(H,20,24). The highest BCUT2D eigenvalue weighted by Gasteiger charge is 2.47. The van der Waals surface area contributed by atoms with E-state index in [-0.39, 0.29) is 5.69 Å². The van der Waals surface area contributed by atoms with Crippen molar-refractivity contribution < 1.29 is 24.9 Å². The predicted molar refractivity (Wildman–Crippen MR) is 100 cm³/mol. The van der Waals surface area contributed by atoms with Crippen LogP contribution in [-0.2, 0) is 11.2 Å². The summed E-state index contributed by atoms with van der Waals surface area (Å²) < 4.78 is 5.71. The highest BCUT2D eigenvalue weighted by atomic mass is 35.5. The largest absolute Gasteiger partial charge is 0.388 e. The van der Waals surface area contributed by atoms with Crippen molar-refractivity contribution in [1.29, 1.82) is 0 Å². The van der Waals surface area contributed by atoms with Gasteiger partial charge in [0.05, 0.1) is 11.4 Å². The molecule has 146 valence electrons. The first-order valence-corrected chi connectivity index (χ1v) is 10.1. The van der Waals surface area contributed by atoms with Crippen LogP contribution in [0.25, 0.3) is 0 Å². The van der Waals surface area contributed by atoms with Crippen LogP contribution < -0.4 is 5.32 Å². The molecular formula is C17H25ClN2O5S. The number of aromatic nitrogens is 1. The number of aryl methyl sites for hydroxylation is 1. The molecule has 1 amide bonds. The van der Waals surface area contributed by atoms with E-state index in [4.69, 9.17) is 16.3 Å². The van der Waals surface area contributed by atoms with Crippen molar-refractivity contribution in [3.8, 4) is 0 Å². The fourth-order valence-corrected chi connectivity index (χ4v) is 3.70. The second kappa shape index (κ2) is 9.34. The van der Waals surface area contributed by atoms with E-state index >= 15 is 0 Å². The number of alkyl halides is 1. The van der Waals surface area contributed by atoms with E-state index < -0.39 is 47.2 Å². The van der Waals surface area contributed by atoms with Crippen LogP contribution in [0.1, 0.15) is 29.9 Å². The summed E-state index contributed by atoms with van der Waals surface area (Å²) in [5.41, 5.74) is 0.488. The molecule has 1 saturated heterocycles. The zero-order chi connectivity index (χ0) is 19.4. The highest BCUT2D eigenvalue weighted by molar-refractivity contribution is 7.99. The molecule has 1 aromatic heterocycles. The maximum atomic E-state index is 12.5. The summed E-state index contributed by atoms with van der Waals surface area (Å²) in [6.07, 6.45) is -0.845. The maximum Gasteiger partial charge on any atom is 0.270 e. The second-order valence-corrected chi connectivity index (χ2v) is 7.88. The number of aliphatic hydroxyl groups is 3. The van der Waals surface area contributed by atoms with E-state index in [1.54, 1.807) is 25.4 Å². The molecule has 7 nitrogen and oxygen atoms in total. The van der Waals surface area contributed by atoms with Crippen LogP contribution in [0.4, 0.5) is 0 Å². The van der Waals surface area contributed by atoms with Crippen molar-refractivity contribution in [1.82, 2.24) is 10.3 Å². The van der Waals surface area contributed by atoms with Crippen LogP contribution in [-0.4, -0.2) is 73.7 Å². The summed E-state index contributed by atoms with van der Waals surface area (Å²) >= 11 is 7.42. The lowest BCUT2D eigenvalue weighted by Crippen LogP contribution is -2.64. The van der Waals surface area contributed by atoms with E-state index in [2.05, 4.69) is 10.3 Å². The Bertz CT molecular complexity index is 601. The first kappa shape index (κ1) is 21.4. The molecule has 0 spiro atoms. The van der Waals surface area contributed by atoms with Crippen molar-refractivity contribution in [2.24, 2.45) is 0 Å². The van der Waals surface area contributed by atoms with Crippen molar-refractivity contribution in [3.63, 3.8) is 0 Å². The average molecular weight is 405 g/mol. The minimum atomic E-state index is -1.40. The fraction of sp³-hybridized carbons (Fsp3) is 0.647. The zero-order valence-electron chi connectivity index (χ0n) is 14.9. The Labute approximate surface area is 162 Å². The molecule has 0 aliphatic carbocycles. The number of aliphatic hydroxyl groups excluding tert-OH is 3. The second-order valence-electron chi connectivity index (χ2n) is 6.26. The van der Waals surface area contributed by atoms with Gasteiger partial charge in [0.15, 0.2) is 0 Å². The third-order valence-corrected chi connectivity index (χ3v) is 5.58. The number of rotatable bonds is 6. The number of nitrogens with zero attached hydrogens (tertiary/aromatic N) is 1. The Morgan fingerprint density at radius 1 is 1.35 bits per heavy atom. The van der Waals surface area contributed by atoms with Crippen LogP contribution in [0.3, 0.4) is 0 Å². The summed E-state index contributed by atoms with van der Waals surface area (Å²) in [6, 6.07) is 2.64. The fourth-order valence-electron chi connectivity index (χ4n) is 2.82. The molecule has 0 radical (unpaired) electrons. The number of thioether (sulfide) groups is 1. The van der Waals surface area contributed by atoms with Gasteiger partial charge in [-0.05, 0) is 31.2 Å². The minimum absolute atomic E-state index is 0.219. The number of hydrogen-bond acceptors (Lipinski definition) is 7. The third-order valence-electron chi connectivity index (χ3n) is 4.45. The Morgan fingerprint density at radius 2 is 2.04 bits per heavy atom. The molecule has 7 unspecified atom stereocenters. The lowest BCUT2D eigenvalue weighted by atomic mass is 9.93. The minimum Gasteiger partial charge on any atom is -0.388 e. The van der Waals surface area contributed by atoms with E-state index in [0.29, 0.717) is 0 Å². The molecule has 0 bridgehead atoms. The number of hydrogen-bond donors (Lipinski definition) is 4. The monoisotopic (exact) mass is 404 g/mol. The average Bonchev–Trinajstić information content (AvgIpc) is 2.64. The molecule has 26 heavy (non-hydrogen) atoms. The van der Waals surface area contributed by atoms with E-state index in [9.17, 15) is 20.1 Å². The van der Waals surface area contributed by atoms with E-state index in [0.717, 1.165) is 12.0 Å². The Balaban J connectivity index is 2.17. The molecule has 4 N–H and O–H groups in total. The Kier molecular flexibility index (Phi) is 7.69. The summed E-state index contributed by atoms with van der Waals surface area (Å²) in [5, 5.41) is 32.5. The molecule has 1 aromatic rings. The zero-order valence-corrected chi connectivity index (χ0v) is 16.4. The molecule has 0 aromatic carbocycles. The SMILES string of the molecule is CCc1ccc(C(=O)NC(C(C)Cl)C2OC(SC)C(O)C(O)C2O)nc1. The number of carbonyl (C=O) groups excluding carboxylic acids is 1. The Hall–Kier alpha value is -0.900. The summed E-state index contributed by atoms with van der Waals surface area (Å²) in [7, 11) is 0. The van der Waals surface area contributed by atoms with Crippen molar-refractivity contribution in [2.75, 3.05) is 6.26 Å². The normalized spacial score (nSPS) is 31.3. The third kappa shape index (κ3) is 4.68. The van der Waals surface area contributed by atoms with Gasteiger partial charge in [0, 0.05) is 6.20 Å². The lowest BCUT2D eigenvalue weighted by molar-refractivity contribution is -0.204. The van der Waals surface area contributed by atoms with Gasteiger partial charge in [-0.3, -0.25) is 9.78 Å². The first-order valence-electron chi connectivity index (χ1n) is 8.42. The van der Waals surface area contributed by atoms with Crippen molar-refractivity contribution in [3.05, 3.63) is 29.6 Å².